The fraction of sp³-hybridized carbons (Fsp3) is 0.481. The Morgan fingerprint density at radius 3 is 2.57 bits per heavy atom. The average Bonchev–Trinajstić information content (AvgIpc) is 2.84. The van der Waals surface area contributed by atoms with E-state index >= 15 is 0 Å². The predicted octanol–water partition coefficient (Wildman–Crippen LogP) is 3.66. The molecule has 8 heteroatoms. The average molecular weight is 484 g/mol. The Hall–Kier alpha value is -3.10. The second-order valence-corrected chi connectivity index (χ2v) is 9.23. The lowest BCUT2D eigenvalue weighted by atomic mass is 10.0. The number of methoxy groups -OCH3 is 2. The Balaban J connectivity index is 1.96. The van der Waals surface area contributed by atoms with Gasteiger partial charge in [0.2, 0.25) is 5.91 Å². The van der Waals surface area contributed by atoms with Crippen LogP contribution in [0.3, 0.4) is 0 Å². The van der Waals surface area contributed by atoms with Gasteiger partial charge in [0.25, 0.3) is 5.91 Å². The lowest BCUT2D eigenvalue weighted by Gasteiger charge is -2.36. The second kappa shape index (κ2) is 12.0. The van der Waals surface area contributed by atoms with E-state index in [0.29, 0.717) is 36.7 Å². The van der Waals surface area contributed by atoms with E-state index in [0.717, 1.165) is 17.9 Å². The number of benzene rings is 2. The minimum Gasteiger partial charge on any atom is -0.496 e. The minimum atomic E-state index is -0.200. The maximum Gasteiger partial charge on any atom is 0.257 e. The SMILES string of the molecule is COc1ccccc1CN1C[C@H](C)[C@@H](OC)CN(C)C(=O)c2cc(NC(C)=O)ccc2OC[C@H]1C. The molecule has 0 aliphatic carbocycles. The number of ether oxygens (including phenoxy) is 3. The van der Waals surface area contributed by atoms with Gasteiger partial charge in [0.1, 0.15) is 18.1 Å². The molecule has 1 aliphatic rings. The van der Waals surface area contributed by atoms with Crippen LogP contribution in [0.2, 0.25) is 0 Å². The summed E-state index contributed by atoms with van der Waals surface area (Å²) in [5, 5.41) is 2.75. The molecule has 0 saturated heterocycles. The third kappa shape index (κ3) is 6.74. The van der Waals surface area contributed by atoms with Crippen LogP contribution in [-0.4, -0.2) is 74.7 Å². The van der Waals surface area contributed by atoms with Crippen molar-refractivity contribution in [2.75, 3.05) is 46.3 Å². The summed E-state index contributed by atoms with van der Waals surface area (Å²) in [6.45, 7) is 7.97. The van der Waals surface area contributed by atoms with Crippen molar-refractivity contribution < 1.29 is 23.8 Å². The number of carbonyl (C=O) groups is 2. The van der Waals surface area contributed by atoms with Crippen LogP contribution in [0.25, 0.3) is 0 Å². The standard InChI is InChI=1S/C27H37N3O5/c1-18-14-30(15-21-9-7-8-10-24(21)33-5)19(2)17-35-25-12-11-22(28-20(3)31)13-23(25)27(32)29(4)16-26(18)34-6/h7-13,18-19,26H,14-17H2,1-6H3,(H,28,31)/t18-,19+,26-/m0/s1. The van der Waals surface area contributed by atoms with Crippen molar-refractivity contribution in [3.8, 4) is 11.5 Å². The van der Waals surface area contributed by atoms with Crippen LogP contribution in [0.1, 0.15) is 36.7 Å². The molecule has 0 saturated carbocycles. The third-order valence-electron chi connectivity index (χ3n) is 6.46. The van der Waals surface area contributed by atoms with Gasteiger partial charge in [0.15, 0.2) is 0 Å². The molecule has 1 heterocycles. The molecular weight excluding hydrogens is 446 g/mol. The molecule has 0 bridgehead atoms. The highest BCUT2D eigenvalue weighted by atomic mass is 16.5. The fourth-order valence-electron chi connectivity index (χ4n) is 4.41. The molecule has 0 spiro atoms. The van der Waals surface area contributed by atoms with Crippen LogP contribution < -0.4 is 14.8 Å². The normalized spacial score (nSPS) is 21.8. The Kier molecular flexibility index (Phi) is 9.12. The molecule has 35 heavy (non-hydrogen) atoms. The Morgan fingerprint density at radius 1 is 1.14 bits per heavy atom. The number of amides is 2. The van der Waals surface area contributed by atoms with E-state index in [4.69, 9.17) is 14.2 Å². The van der Waals surface area contributed by atoms with E-state index in [-0.39, 0.29) is 29.9 Å². The number of hydrogen-bond donors (Lipinski definition) is 1. The fourth-order valence-corrected chi connectivity index (χ4v) is 4.41. The van der Waals surface area contributed by atoms with E-state index in [9.17, 15) is 9.59 Å². The molecule has 3 rings (SSSR count). The number of nitrogens with zero attached hydrogens (tertiary/aromatic N) is 2. The number of likely N-dealkylation sites (N-methyl/N-ethyl adjacent to an activating group) is 1. The molecule has 1 N–H and O–H groups in total. The highest BCUT2D eigenvalue weighted by Crippen LogP contribution is 2.27. The van der Waals surface area contributed by atoms with Crippen LogP contribution in [0.5, 0.6) is 11.5 Å². The predicted molar refractivity (Wildman–Crippen MR) is 136 cm³/mol. The Labute approximate surface area is 208 Å². The molecule has 0 aromatic heterocycles. The van der Waals surface area contributed by atoms with Gasteiger partial charge in [-0.05, 0) is 37.1 Å². The second-order valence-electron chi connectivity index (χ2n) is 9.23. The summed E-state index contributed by atoms with van der Waals surface area (Å²) in [5.41, 5.74) is 2.06. The van der Waals surface area contributed by atoms with E-state index in [1.807, 2.05) is 18.2 Å². The topological polar surface area (TPSA) is 80.3 Å². The van der Waals surface area contributed by atoms with Crippen LogP contribution in [0.15, 0.2) is 42.5 Å². The van der Waals surface area contributed by atoms with Crippen molar-refractivity contribution in [1.82, 2.24) is 9.80 Å². The van der Waals surface area contributed by atoms with Crippen LogP contribution in [0, 0.1) is 5.92 Å². The summed E-state index contributed by atoms with van der Waals surface area (Å²) in [7, 11) is 5.13. The maximum absolute atomic E-state index is 13.4. The van der Waals surface area contributed by atoms with E-state index in [1.165, 1.54) is 6.92 Å². The summed E-state index contributed by atoms with van der Waals surface area (Å²) >= 11 is 0. The molecule has 3 atom stereocenters. The zero-order valence-electron chi connectivity index (χ0n) is 21.5. The molecule has 2 aromatic rings. The zero-order valence-corrected chi connectivity index (χ0v) is 21.5. The quantitative estimate of drug-likeness (QED) is 0.699. The van der Waals surface area contributed by atoms with Crippen molar-refractivity contribution in [1.29, 1.82) is 0 Å². The van der Waals surface area contributed by atoms with Crippen molar-refractivity contribution >= 4 is 17.5 Å². The molecule has 8 nitrogen and oxygen atoms in total. The maximum atomic E-state index is 13.4. The van der Waals surface area contributed by atoms with Gasteiger partial charge in [-0.2, -0.15) is 0 Å². The monoisotopic (exact) mass is 483 g/mol. The molecule has 190 valence electrons. The molecule has 0 fully saturated rings. The summed E-state index contributed by atoms with van der Waals surface area (Å²) in [6.07, 6.45) is -0.154. The number of nitrogens with one attached hydrogen (secondary N) is 1. The van der Waals surface area contributed by atoms with Crippen LogP contribution in [-0.2, 0) is 16.1 Å². The first-order chi connectivity index (χ1) is 16.7. The van der Waals surface area contributed by atoms with Crippen molar-refractivity contribution in [3.63, 3.8) is 0 Å². The van der Waals surface area contributed by atoms with Gasteiger partial charge in [-0.3, -0.25) is 14.5 Å². The lowest BCUT2D eigenvalue weighted by molar-refractivity contribution is -0.114. The van der Waals surface area contributed by atoms with Gasteiger partial charge < -0.3 is 24.4 Å². The summed E-state index contributed by atoms with van der Waals surface area (Å²) in [5.74, 6) is 1.11. The smallest absolute Gasteiger partial charge is 0.257 e. The van der Waals surface area contributed by atoms with Crippen LogP contribution in [0.4, 0.5) is 5.69 Å². The molecule has 0 unspecified atom stereocenters. The van der Waals surface area contributed by atoms with Crippen molar-refractivity contribution in [2.45, 2.75) is 39.5 Å². The molecule has 1 aliphatic heterocycles. The minimum absolute atomic E-state index is 0.0509. The first kappa shape index (κ1) is 26.5. The van der Waals surface area contributed by atoms with E-state index in [2.05, 4.69) is 30.1 Å². The summed E-state index contributed by atoms with van der Waals surface area (Å²) in [6, 6.07) is 13.2. The molecular formula is C27H37N3O5. The van der Waals surface area contributed by atoms with Gasteiger partial charge in [-0.1, -0.05) is 25.1 Å². The van der Waals surface area contributed by atoms with Gasteiger partial charge in [-0.25, -0.2) is 0 Å². The number of fused-ring (bicyclic) bond motifs is 1. The molecule has 0 radical (unpaired) electrons. The first-order valence-electron chi connectivity index (χ1n) is 11.9. The highest BCUT2D eigenvalue weighted by molar-refractivity contribution is 5.99. The van der Waals surface area contributed by atoms with Gasteiger partial charge in [-0.15, -0.1) is 0 Å². The van der Waals surface area contributed by atoms with E-state index < -0.39 is 0 Å². The third-order valence-corrected chi connectivity index (χ3v) is 6.46. The van der Waals surface area contributed by atoms with Crippen molar-refractivity contribution in [3.05, 3.63) is 53.6 Å². The van der Waals surface area contributed by atoms with Crippen molar-refractivity contribution in [2.24, 2.45) is 5.92 Å². The Morgan fingerprint density at radius 2 is 1.89 bits per heavy atom. The Bertz CT molecular complexity index is 1030. The summed E-state index contributed by atoms with van der Waals surface area (Å²) in [4.78, 5) is 28.9. The van der Waals surface area contributed by atoms with Crippen LogP contribution >= 0.6 is 0 Å². The number of hydrogen-bond acceptors (Lipinski definition) is 6. The van der Waals surface area contributed by atoms with Gasteiger partial charge >= 0.3 is 0 Å². The number of para-hydroxylation sites is 1. The number of carbonyl (C=O) groups excluding carboxylic acids is 2. The largest absolute Gasteiger partial charge is 0.496 e. The van der Waals surface area contributed by atoms with E-state index in [1.54, 1.807) is 44.4 Å². The van der Waals surface area contributed by atoms with Gasteiger partial charge in [0, 0.05) is 58.0 Å². The first-order valence-corrected chi connectivity index (χ1v) is 11.9. The van der Waals surface area contributed by atoms with Gasteiger partial charge in [0.05, 0.1) is 18.8 Å². The summed E-state index contributed by atoms with van der Waals surface area (Å²) < 4.78 is 17.6. The molecule has 2 aromatic carbocycles. The zero-order chi connectivity index (χ0) is 25.5. The molecule has 2 amide bonds. The lowest BCUT2D eigenvalue weighted by Crippen LogP contribution is -2.46. The highest BCUT2D eigenvalue weighted by Gasteiger charge is 2.29. The number of rotatable bonds is 5. The number of anilines is 1.